The molecule has 3 heteroatoms. The number of carbonyl (C=O) groups excluding carboxylic acids is 1. The first-order chi connectivity index (χ1) is 7.27. The Kier molecular flexibility index (Phi) is 5.29. The van der Waals surface area contributed by atoms with Gasteiger partial charge in [-0.1, -0.05) is 12.2 Å². The average molecular weight is 209 g/mol. The summed E-state index contributed by atoms with van der Waals surface area (Å²) in [5.74, 6) is 0.345. The lowest BCUT2D eigenvalue weighted by molar-refractivity contribution is -0.131. The Bertz CT molecular complexity index is 228. The highest BCUT2D eigenvalue weighted by Gasteiger charge is 2.24. The summed E-state index contributed by atoms with van der Waals surface area (Å²) in [7, 11) is 0. The Labute approximate surface area is 91.4 Å². The minimum atomic E-state index is 0.0265. The Morgan fingerprint density at radius 3 is 2.60 bits per heavy atom. The summed E-state index contributed by atoms with van der Waals surface area (Å²) < 4.78 is 5.31. The number of hydrogen-bond acceptors (Lipinski definition) is 3. The second-order valence-corrected chi connectivity index (χ2v) is 3.78. The van der Waals surface area contributed by atoms with Crippen molar-refractivity contribution in [2.75, 3.05) is 32.8 Å². The van der Waals surface area contributed by atoms with Crippen LogP contribution in [-0.2, 0) is 9.53 Å². The summed E-state index contributed by atoms with van der Waals surface area (Å²) in [4.78, 5) is 13.7. The van der Waals surface area contributed by atoms with Gasteiger partial charge in [-0.15, -0.1) is 13.2 Å². The second-order valence-electron chi connectivity index (χ2n) is 3.78. The van der Waals surface area contributed by atoms with Crippen LogP contribution in [0, 0.1) is 5.92 Å². The van der Waals surface area contributed by atoms with Gasteiger partial charge in [0.2, 0.25) is 0 Å². The quantitative estimate of drug-likeness (QED) is 0.617. The molecule has 15 heavy (non-hydrogen) atoms. The van der Waals surface area contributed by atoms with Gasteiger partial charge in [0.15, 0.2) is 0 Å². The maximum absolute atomic E-state index is 11.6. The molecule has 1 rings (SSSR count). The molecule has 0 radical (unpaired) electrons. The van der Waals surface area contributed by atoms with Crippen molar-refractivity contribution in [2.24, 2.45) is 5.92 Å². The molecule has 0 N–H and O–H groups in total. The molecular weight excluding hydrogens is 190 g/mol. The fraction of sp³-hybridized carbons (Fsp3) is 0.583. The van der Waals surface area contributed by atoms with Crippen molar-refractivity contribution in [3.63, 3.8) is 0 Å². The zero-order valence-electron chi connectivity index (χ0n) is 9.15. The summed E-state index contributed by atoms with van der Waals surface area (Å²) in [5.41, 5.74) is 0. The minimum Gasteiger partial charge on any atom is -0.380 e. The molecule has 1 aliphatic heterocycles. The van der Waals surface area contributed by atoms with Gasteiger partial charge in [-0.2, -0.15) is 0 Å². The van der Waals surface area contributed by atoms with E-state index in [1.807, 2.05) is 12.2 Å². The van der Waals surface area contributed by atoms with Crippen molar-refractivity contribution < 1.29 is 9.53 Å². The van der Waals surface area contributed by atoms with Gasteiger partial charge in [-0.25, -0.2) is 0 Å². The molecule has 3 nitrogen and oxygen atoms in total. The van der Waals surface area contributed by atoms with E-state index in [9.17, 15) is 4.79 Å². The van der Waals surface area contributed by atoms with Crippen LogP contribution in [0.2, 0.25) is 0 Å². The highest BCUT2D eigenvalue weighted by molar-refractivity contribution is 5.82. The van der Waals surface area contributed by atoms with Crippen LogP contribution in [0.4, 0.5) is 0 Å². The SMILES string of the molecule is C=CCN(CC=C)CC1COCCC1=O. The Hall–Kier alpha value is -0.930. The van der Waals surface area contributed by atoms with Crippen LogP contribution in [0.25, 0.3) is 0 Å². The lowest BCUT2D eigenvalue weighted by Crippen LogP contribution is -2.38. The monoisotopic (exact) mass is 209 g/mol. The fourth-order valence-corrected chi connectivity index (χ4v) is 1.75. The van der Waals surface area contributed by atoms with Crippen LogP contribution in [0.1, 0.15) is 6.42 Å². The van der Waals surface area contributed by atoms with Crippen molar-refractivity contribution in [2.45, 2.75) is 6.42 Å². The summed E-state index contributed by atoms with van der Waals surface area (Å²) >= 11 is 0. The normalized spacial score (nSPS) is 21.7. The molecule has 1 fully saturated rings. The Morgan fingerprint density at radius 1 is 1.40 bits per heavy atom. The third-order valence-corrected chi connectivity index (χ3v) is 2.52. The molecule has 1 heterocycles. The first-order valence-corrected chi connectivity index (χ1v) is 5.32. The van der Waals surface area contributed by atoms with Crippen molar-refractivity contribution in [3.8, 4) is 0 Å². The maximum atomic E-state index is 11.6. The van der Waals surface area contributed by atoms with E-state index in [0.717, 1.165) is 19.6 Å². The van der Waals surface area contributed by atoms with Gasteiger partial charge < -0.3 is 4.74 Å². The molecule has 0 amide bonds. The number of Topliss-reactive ketones (excluding diaryl/α,β-unsaturated/α-hetero) is 1. The van der Waals surface area contributed by atoms with Crippen LogP contribution in [-0.4, -0.2) is 43.5 Å². The van der Waals surface area contributed by atoms with E-state index in [-0.39, 0.29) is 5.92 Å². The largest absolute Gasteiger partial charge is 0.380 e. The van der Waals surface area contributed by atoms with Crippen LogP contribution in [0.3, 0.4) is 0 Å². The molecule has 0 spiro atoms. The molecule has 0 bridgehead atoms. The van der Waals surface area contributed by atoms with Crippen molar-refractivity contribution >= 4 is 5.78 Å². The summed E-state index contributed by atoms with van der Waals surface area (Å²) in [5, 5.41) is 0. The number of nitrogens with zero attached hydrogens (tertiary/aromatic N) is 1. The van der Waals surface area contributed by atoms with E-state index in [0.29, 0.717) is 25.4 Å². The molecule has 0 aliphatic carbocycles. The predicted octanol–water partition coefficient (Wildman–Crippen LogP) is 1.27. The molecule has 84 valence electrons. The van der Waals surface area contributed by atoms with E-state index >= 15 is 0 Å². The van der Waals surface area contributed by atoms with Gasteiger partial charge >= 0.3 is 0 Å². The second kappa shape index (κ2) is 6.53. The zero-order valence-corrected chi connectivity index (χ0v) is 9.15. The van der Waals surface area contributed by atoms with Crippen LogP contribution in [0.15, 0.2) is 25.3 Å². The van der Waals surface area contributed by atoms with Crippen molar-refractivity contribution in [1.82, 2.24) is 4.90 Å². The fourth-order valence-electron chi connectivity index (χ4n) is 1.75. The molecular formula is C12H19NO2. The maximum Gasteiger partial charge on any atom is 0.141 e. The summed E-state index contributed by atoms with van der Waals surface area (Å²) in [6.45, 7) is 10.9. The van der Waals surface area contributed by atoms with E-state index < -0.39 is 0 Å². The van der Waals surface area contributed by atoms with Gasteiger partial charge in [-0.05, 0) is 0 Å². The van der Waals surface area contributed by atoms with Crippen LogP contribution >= 0.6 is 0 Å². The van der Waals surface area contributed by atoms with E-state index in [2.05, 4.69) is 18.1 Å². The Morgan fingerprint density at radius 2 is 2.07 bits per heavy atom. The minimum absolute atomic E-state index is 0.0265. The number of rotatable bonds is 6. The summed E-state index contributed by atoms with van der Waals surface area (Å²) in [6.07, 6.45) is 4.25. The first kappa shape index (κ1) is 12.1. The van der Waals surface area contributed by atoms with Gasteiger partial charge in [0, 0.05) is 26.1 Å². The number of ketones is 1. The van der Waals surface area contributed by atoms with Crippen molar-refractivity contribution in [3.05, 3.63) is 25.3 Å². The van der Waals surface area contributed by atoms with Crippen molar-refractivity contribution in [1.29, 1.82) is 0 Å². The van der Waals surface area contributed by atoms with E-state index in [1.165, 1.54) is 0 Å². The third-order valence-electron chi connectivity index (χ3n) is 2.52. The molecule has 0 aromatic heterocycles. The standard InChI is InChI=1S/C12H19NO2/c1-3-6-13(7-4-2)9-11-10-15-8-5-12(11)14/h3-4,11H,1-2,5-10H2. The average Bonchev–Trinajstić information content (AvgIpc) is 2.22. The molecule has 0 aromatic rings. The van der Waals surface area contributed by atoms with Gasteiger partial charge in [0.25, 0.3) is 0 Å². The number of ether oxygens (including phenoxy) is 1. The van der Waals surface area contributed by atoms with E-state index in [4.69, 9.17) is 4.74 Å². The first-order valence-electron chi connectivity index (χ1n) is 5.32. The number of carbonyl (C=O) groups is 1. The molecule has 1 saturated heterocycles. The third kappa shape index (κ3) is 3.98. The lowest BCUT2D eigenvalue weighted by Gasteiger charge is -2.27. The molecule has 0 aromatic carbocycles. The molecule has 1 aliphatic rings. The molecule has 0 saturated carbocycles. The van der Waals surface area contributed by atoms with E-state index in [1.54, 1.807) is 0 Å². The Balaban J connectivity index is 2.43. The highest BCUT2D eigenvalue weighted by atomic mass is 16.5. The van der Waals surface area contributed by atoms with Crippen LogP contribution in [0.5, 0.6) is 0 Å². The lowest BCUT2D eigenvalue weighted by atomic mass is 10.00. The molecule has 1 atom stereocenters. The van der Waals surface area contributed by atoms with Crippen LogP contribution < -0.4 is 0 Å². The summed E-state index contributed by atoms with van der Waals surface area (Å²) in [6, 6.07) is 0. The van der Waals surface area contributed by atoms with Gasteiger partial charge in [0.05, 0.1) is 19.1 Å². The smallest absolute Gasteiger partial charge is 0.141 e. The number of hydrogen-bond donors (Lipinski definition) is 0. The van der Waals surface area contributed by atoms with Gasteiger partial charge in [-0.3, -0.25) is 9.69 Å². The molecule has 1 unspecified atom stereocenters. The topological polar surface area (TPSA) is 29.5 Å². The van der Waals surface area contributed by atoms with Gasteiger partial charge in [0.1, 0.15) is 5.78 Å². The predicted molar refractivity (Wildman–Crippen MR) is 60.8 cm³/mol. The highest BCUT2D eigenvalue weighted by Crippen LogP contribution is 2.11. The zero-order chi connectivity index (χ0) is 11.1.